The number of fused-ring (bicyclic) bond motifs is 3. The number of hydrogen-bond acceptors (Lipinski definition) is 5. The van der Waals surface area contributed by atoms with Crippen molar-refractivity contribution in [2.45, 2.75) is 12.1 Å². The second-order valence-corrected chi connectivity index (χ2v) is 6.71. The highest BCUT2D eigenvalue weighted by molar-refractivity contribution is 5.89. The van der Waals surface area contributed by atoms with E-state index in [1.54, 1.807) is 0 Å². The van der Waals surface area contributed by atoms with Crippen LogP contribution in [0.1, 0.15) is 33.1 Å². The Morgan fingerprint density at radius 3 is 2.16 bits per heavy atom. The van der Waals surface area contributed by atoms with E-state index in [1.807, 2.05) is 53.8 Å². The lowest BCUT2D eigenvalue weighted by Crippen LogP contribution is -2.22. The van der Waals surface area contributed by atoms with Crippen LogP contribution in [-0.2, 0) is 10.9 Å². The number of benzene rings is 2. The van der Waals surface area contributed by atoms with E-state index >= 15 is 0 Å². The number of carbonyl (C=O) groups is 2. The third-order valence-electron chi connectivity index (χ3n) is 4.85. The molecule has 0 saturated carbocycles. The van der Waals surface area contributed by atoms with Crippen LogP contribution in [0.4, 0.5) is 23.9 Å². The van der Waals surface area contributed by atoms with E-state index in [0.717, 1.165) is 22.3 Å². The van der Waals surface area contributed by atoms with Crippen molar-refractivity contribution >= 4 is 18.0 Å². The second-order valence-electron chi connectivity index (χ2n) is 6.71. The maximum Gasteiger partial charge on any atom is 0.434 e. The number of carboxylic acid groups (broad SMARTS) is 1. The molecule has 1 aromatic heterocycles. The number of ether oxygens (including phenoxy) is 1. The van der Waals surface area contributed by atoms with Crippen molar-refractivity contribution in [3.8, 4) is 11.1 Å². The van der Waals surface area contributed by atoms with E-state index in [-0.39, 0.29) is 12.5 Å². The highest BCUT2D eigenvalue weighted by Crippen LogP contribution is 2.44. The van der Waals surface area contributed by atoms with Crippen molar-refractivity contribution in [1.82, 2.24) is 9.97 Å². The Morgan fingerprint density at radius 2 is 1.61 bits per heavy atom. The SMILES string of the molecule is O=C(Nc1ncc(C(=O)O)c(C(F)(F)F)n1)OCC1c2ccccc2-c2ccccc21. The quantitative estimate of drug-likeness (QED) is 0.631. The van der Waals surface area contributed by atoms with E-state index in [9.17, 15) is 22.8 Å². The average Bonchev–Trinajstić information content (AvgIpc) is 3.05. The fourth-order valence-corrected chi connectivity index (χ4v) is 3.54. The summed E-state index contributed by atoms with van der Waals surface area (Å²) >= 11 is 0. The second kappa shape index (κ2) is 7.71. The summed E-state index contributed by atoms with van der Waals surface area (Å²) in [7, 11) is 0. The van der Waals surface area contributed by atoms with Crippen LogP contribution in [0.15, 0.2) is 54.7 Å². The van der Waals surface area contributed by atoms with Crippen molar-refractivity contribution in [2.24, 2.45) is 0 Å². The fraction of sp³-hybridized carbons (Fsp3) is 0.143. The summed E-state index contributed by atoms with van der Waals surface area (Å²) in [6, 6.07) is 15.3. The van der Waals surface area contributed by atoms with Crippen LogP contribution in [0.3, 0.4) is 0 Å². The minimum Gasteiger partial charge on any atom is -0.478 e. The molecule has 2 aromatic carbocycles. The summed E-state index contributed by atoms with van der Waals surface area (Å²) in [4.78, 5) is 29.7. The lowest BCUT2D eigenvalue weighted by atomic mass is 9.98. The first-order valence-corrected chi connectivity index (χ1v) is 9.05. The Balaban J connectivity index is 1.50. The number of carboxylic acids is 1. The van der Waals surface area contributed by atoms with E-state index < -0.39 is 35.4 Å². The van der Waals surface area contributed by atoms with Crippen LogP contribution in [-0.4, -0.2) is 33.7 Å². The van der Waals surface area contributed by atoms with Gasteiger partial charge in [0, 0.05) is 12.1 Å². The zero-order chi connectivity index (χ0) is 22.2. The summed E-state index contributed by atoms with van der Waals surface area (Å²) in [5.41, 5.74) is 1.20. The van der Waals surface area contributed by atoms with Gasteiger partial charge in [-0.3, -0.25) is 5.32 Å². The van der Waals surface area contributed by atoms with E-state index in [2.05, 4.69) is 9.97 Å². The van der Waals surface area contributed by atoms with Crippen LogP contribution in [0, 0.1) is 0 Å². The number of amides is 1. The maximum atomic E-state index is 13.1. The van der Waals surface area contributed by atoms with Gasteiger partial charge in [-0.25, -0.2) is 19.6 Å². The number of anilines is 1. The monoisotopic (exact) mass is 429 g/mol. The van der Waals surface area contributed by atoms with Gasteiger partial charge >= 0.3 is 18.2 Å². The lowest BCUT2D eigenvalue weighted by molar-refractivity contribution is -0.141. The Bertz CT molecular complexity index is 1140. The molecule has 2 N–H and O–H groups in total. The van der Waals surface area contributed by atoms with Gasteiger partial charge in [-0.2, -0.15) is 13.2 Å². The predicted molar refractivity (Wildman–Crippen MR) is 103 cm³/mol. The molecule has 0 fully saturated rings. The first-order valence-electron chi connectivity index (χ1n) is 9.05. The Kier molecular flexibility index (Phi) is 5.05. The predicted octanol–water partition coefficient (Wildman–Crippen LogP) is 4.55. The molecule has 0 atom stereocenters. The zero-order valence-electron chi connectivity index (χ0n) is 15.7. The highest BCUT2D eigenvalue weighted by Gasteiger charge is 2.38. The number of halogens is 3. The van der Waals surface area contributed by atoms with Gasteiger partial charge in [0.1, 0.15) is 12.2 Å². The van der Waals surface area contributed by atoms with Gasteiger partial charge in [-0.15, -0.1) is 0 Å². The number of aromatic nitrogens is 2. The number of nitrogens with zero attached hydrogens (tertiary/aromatic N) is 2. The summed E-state index contributed by atoms with van der Waals surface area (Å²) < 4.78 is 44.4. The van der Waals surface area contributed by atoms with Gasteiger partial charge in [-0.1, -0.05) is 48.5 Å². The summed E-state index contributed by atoms with van der Waals surface area (Å²) in [5.74, 6) is -2.78. The van der Waals surface area contributed by atoms with Crippen molar-refractivity contribution in [3.05, 3.63) is 77.1 Å². The molecule has 0 radical (unpaired) electrons. The van der Waals surface area contributed by atoms with Gasteiger partial charge in [-0.05, 0) is 22.3 Å². The molecule has 1 heterocycles. The van der Waals surface area contributed by atoms with Gasteiger partial charge in [0.05, 0.1) is 0 Å². The molecule has 1 aliphatic rings. The summed E-state index contributed by atoms with van der Waals surface area (Å²) in [6.45, 7) is -0.0564. The normalized spacial score (nSPS) is 12.7. The van der Waals surface area contributed by atoms with Crippen LogP contribution < -0.4 is 5.32 Å². The van der Waals surface area contributed by atoms with Crippen molar-refractivity contribution < 1.29 is 32.6 Å². The first kappa shape index (κ1) is 20.3. The molecule has 0 saturated heterocycles. The van der Waals surface area contributed by atoms with Gasteiger partial charge < -0.3 is 9.84 Å². The molecule has 10 heteroatoms. The third kappa shape index (κ3) is 3.91. The summed E-state index contributed by atoms with van der Waals surface area (Å²) in [5, 5.41) is 10.9. The molecule has 4 rings (SSSR count). The number of rotatable bonds is 4. The number of aromatic carboxylic acids is 1. The molecule has 1 amide bonds. The summed E-state index contributed by atoms with van der Waals surface area (Å²) in [6.07, 6.45) is -5.61. The molecule has 31 heavy (non-hydrogen) atoms. The smallest absolute Gasteiger partial charge is 0.434 e. The number of nitrogens with one attached hydrogen (secondary N) is 1. The maximum absolute atomic E-state index is 13.1. The van der Waals surface area contributed by atoms with Crippen LogP contribution >= 0.6 is 0 Å². The first-order chi connectivity index (χ1) is 14.8. The Labute approximate surface area is 173 Å². The van der Waals surface area contributed by atoms with Crippen molar-refractivity contribution in [3.63, 3.8) is 0 Å². The molecular formula is C21H14F3N3O4. The third-order valence-corrected chi connectivity index (χ3v) is 4.85. The van der Waals surface area contributed by atoms with Gasteiger partial charge in [0.2, 0.25) is 5.95 Å². The van der Waals surface area contributed by atoms with Crippen LogP contribution in [0.2, 0.25) is 0 Å². The Morgan fingerprint density at radius 1 is 1.03 bits per heavy atom. The Hall–Kier alpha value is -3.95. The highest BCUT2D eigenvalue weighted by atomic mass is 19.4. The molecule has 0 bridgehead atoms. The molecule has 0 unspecified atom stereocenters. The molecule has 1 aliphatic carbocycles. The van der Waals surface area contributed by atoms with Crippen LogP contribution in [0.5, 0.6) is 0 Å². The molecule has 0 aliphatic heterocycles. The topological polar surface area (TPSA) is 101 Å². The van der Waals surface area contributed by atoms with E-state index in [1.165, 1.54) is 0 Å². The molecule has 158 valence electrons. The molecule has 0 spiro atoms. The number of hydrogen-bond donors (Lipinski definition) is 2. The fourth-order valence-electron chi connectivity index (χ4n) is 3.54. The van der Waals surface area contributed by atoms with Crippen molar-refractivity contribution in [2.75, 3.05) is 11.9 Å². The zero-order valence-corrected chi connectivity index (χ0v) is 15.7. The average molecular weight is 429 g/mol. The number of carbonyl (C=O) groups excluding carboxylic acids is 1. The number of alkyl halides is 3. The minimum atomic E-state index is -5.03. The van der Waals surface area contributed by atoms with Gasteiger partial charge in [0.25, 0.3) is 0 Å². The van der Waals surface area contributed by atoms with E-state index in [0.29, 0.717) is 6.20 Å². The van der Waals surface area contributed by atoms with Crippen molar-refractivity contribution in [1.29, 1.82) is 0 Å². The largest absolute Gasteiger partial charge is 0.478 e. The van der Waals surface area contributed by atoms with Crippen LogP contribution in [0.25, 0.3) is 11.1 Å². The molecular weight excluding hydrogens is 415 g/mol. The van der Waals surface area contributed by atoms with Gasteiger partial charge in [0.15, 0.2) is 5.69 Å². The van der Waals surface area contributed by atoms with E-state index in [4.69, 9.17) is 9.84 Å². The lowest BCUT2D eigenvalue weighted by Gasteiger charge is -2.15. The standard InChI is InChI=1S/C21H14F3N3O4/c22-21(23,24)17-15(18(28)29)9-25-19(26-17)27-20(30)31-10-16-13-7-3-1-5-11(13)12-6-2-4-8-14(12)16/h1-9,16H,10H2,(H,28,29)(H,25,26,27,30). The minimum absolute atomic E-state index is 0.0564. The molecule has 7 nitrogen and oxygen atoms in total. The molecule has 3 aromatic rings.